The smallest absolute Gasteiger partial charge is 0.0868 e. The standard InChI is InChI=1S/C6H4BrClN2/c7-5-1-3-6(4-2-5)9-10-8/h1-4H. The zero-order chi connectivity index (χ0) is 7.40. The van der Waals surface area contributed by atoms with Gasteiger partial charge in [0, 0.05) is 4.47 Å². The first-order valence-corrected chi connectivity index (χ1v) is 3.73. The largest absolute Gasteiger partial charge is 0.138 e. The van der Waals surface area contributed by atoms with Gasteiger partial charge in [-0.2, -0.15) is 0 Å². The SMILES string of the molecule is ClN=Nc1ccc(Br)cc1. The van der Waals surface area contributed by atoms with E-state index in [1.807, 2.05) is 24.3 Å². The molecule has 52 valence electrons. The van der Waals surface area contributed by atoms with Crippen LogP contribution in [0.25, 0.3) is 0 Å². The zero-order valence-corrected chi connectivity index (χ0v) is 7.30. The summed E-state index contributed by atoms with van der Waals surface area (Å²) in [5.41, 5.74) is 0.748. The van der Waals surface area contributed by atoms with E-state index >= 15 is 0 Å². The first kappa shape index (κ1) is 7.69. The third-order valence-corrected chi connectivity index (χ3v) is 1.58. The van der Waals surface area contributed by atoms with Crippen molar-refractivity contribution in [3.63, 3.8) is 0 Å². The topological polar surface area (TPSA) is 24.7 Å². The van der Waals surface area contributed by atoms with Gasteiger partial charge in [0.05, 0.1) is 17.5 Å². The fourth-order valence-corrected chi connectivity index (χ4v) is 0.903. The maximum atomic E-state index is 5.02. The van der Waals surface area contributed by atoms with Crippen molar-refractivity contribution in [2.24, 2.45) is 9.75 Å². The molecule has 0 unspecified atom stereocenters. The Balaban J connectivity index is 2.89. The van der Waals surface area contributed by atoms with Crippen LogP contribution in [0.5, 0.6) is 0 Å². The third kappa shape index (κ3) is 2.08. The molecule has 2 nitrogen and oxygen atoms in total. The summed E-state index contributed by atoms with van der Waals surface area (Å²) >= 11 is 8.31. The van der Waals surface area contributed by atoms with Crippen LogP contribution in [0.4, 0.5) is 5.69 Å². The van der Waals surface area contributed by atoms with Gasteiger partial charge in [0.2, 0.25) is 0 Å². The Morgan fingerprint density at radius 2 is 1.80 bits per heavy atom. The summed E-state index contributed by atoms with van der Waals surface area (Å²) in [4.78, 5) is 0. The van der Waals surface area contributed by atoms with E-state index in [1.165, 1.54) is 0 Å². The van der Waals surface area contributed by atoms with Gasteiger partial charge in [-0.15, -0.1) is 5.11 Å². The molecule has 0 saturated heterocycles. The number of nitrogens with zero attached hydrogens (tertiary/aromatic N) is 2. The van der Waals surface area contributed by atoms with Gasteiger partial charge in [-0.1, -0.05) is 20.6 Å². The van der Waals surface area contributed by atoms with Crippen LogP contribution >= 0.6 is 27.7 Å². The molecule has 1 aromatic rings. The van der Waals surface area contributed by atoms with Crippen LogP contribution < -0.4 is 0 Å². The molecule has 0 heterocycles. The maximum absolute atomic E-state index is 5.02. The summed E-state index contributed by atoms with van der Waals surface area (Å²) in [7, 11) is 0. The van der Waals surface area contributed by atoms with E-state index in [9.17, 15) is 0 Å². The molecule has 0 amide bonds. The predicted molar refractivity (Wildman–Crippen MR) is 44.5 cm³/mol. The van der Waals surface area contributed by atoms with Gasteiger partial charge in [-0.05, 0) is 24.3 Å². The number of rotatable bonds is 1. The Morgan fingerprint density at radius 3 is 2.30 bits per heavy atom. The first-order valence-electron chi connectivity index (χ1n) is 2.60. The molecular formula is C6H4BrClN2. The highest BCUT2D eigenvalue weighted by atomic mass is 79.9. The van der Waals surface area contributed by atoms with Crippen molar-refractivity contribution >= 4 is 33.4 Å². The number of hydrogen-bond donors (Lipinski definition) is 0. The van der Waals surface area contributed by atoms with E-state index in [0.717, 1.165) is 10.2 Å². The highest BCUT2D eigenvalue weighted by Crippen LogP contribution is 2.16. The Kier molecular flexibility index (Phi) is 2.83. The first-order chi connectivity index (χ1) is 4.83. The van der Waals surface area contributed by atoms with E-state index in [0.29, 0.717) is 0 Å². The van der Waals surface area contributed by atoms with Crippen molar-refractivity contribution in [3.05, 3.63) is 28.7 Å². The minimum Gasteiger partial charge on any atom is -0.138 e. The summed E-state index contributed by atoms with van der Waals surface area (Å²) in [6, 6.07) is 7.38. The molecule has 0 saturated carbocycles. The molecule has 0 aromatic heterocycles. The van der Waals surface area contributed by atoms with E-state index in [1.54, 1.807) is 0 Å². The summed E-state index contributed by atoms with van der Waals surface area (Å²) in [5.74, 6) is 0. The molecule has 0 bridgehead atoms. The molecule has 0 aliphatic heterocycles. The van der Waals surface area contributed by atoms with Crippen LogP contribution in [-0.2, 0) is 0 Å². The van der Waals surface area contributed by atoms with Crippen LogP contribution in [0.1, 0.15) is 0 Å². The molecule has 10 heavy (non-hydrogen) atoms. The van der Waals surface area contributed by atoms with Crippen LogP contribution in [-0.4, -0.2) is 0 Å². The molecule has 4 heteroatoms. The second-order valence-electron chi connectivity index (χ2n) is 1.65. The molecule has 0 fully saturated rings. The van der Waals surface area contributed by atoms with Gasteiger partial charge in [0.1, 0.15) is 0 Å². The summed E-state index contributed by atoms with van der Waals surface area (Å²) in [6.07, 6.45) is 0. The highest BCUT2D eigenvalue weighted by molar-refractivity contribution is 9.10. The van der Waals surface area contributed by atoms with Crippen molar-refractivity contribution in [1.82, 2.24) is 0 Å². The lowest BCUT2D eigenvalue weighted by Crippen LogP contribution is -1.61. The molecule has 1 rings (SSSR count). The van der Waals surface area contributed by atoms with Gasteiger partial charge in [0.15, 0.2) is 0 Å². The van der Waals surface area contributed by atoms with Gasteiger partial charge in [0.25, 0.3) is 0 Å². The minimum absolute atomic E-state index is 0.748. The lowest BCUT2D eigenvalue weighted by atomic mass is 10.3. The molecule has 0 atom stereocenters. The van der Waals surface area contributed by atoms with Crippen molar-refractivity contribution < 1.29 is 0 Å². The quantitative estimate of drug-likeness (QED) is 0.644. The van der Waals surface area contributed by atoms with Crippen molar-refractivity contribution in [2.45, 2.75) is 0 Å². The predicted octanol–water partition coefficient (Wildman–Crippen LogP) is 3.69. The Hall–Kier alpha value is -0.410. The molecular weight excluding hydrogens is 215 g/mol. The zero-order valence-electron chi connectivity index (χ0n) is 4.96. The second-order valence-corrected chi connectivity index (χ2v) is 2.72. The summed E-state index contributed by atoms with van der Waals surface area (Å²) in [5, 5.41) is 3.62. The van der Waals surface area contributed by atoms with Gasteiger partial charge < -0.3 is 0 Å². The maximum Gasteiger partial charge on any atom is 0.0868 e. The monoisotopic (exact) mass is 218 g/mol. The third-order valence-electron chi connectivity index (χ3n) is 0.980. The molecule has 0 aliphatic rings. The van der Waals surface area contributed by atoms with Crippen LogP contribution in [0.2, 0.25) is 0 Å². The number of hydrogen-bond acceptors (Lipinski definition) is 2. The number of benzene rings is 1. The molecule has 0 aliphatic carbocycles. The molecule has 1 aromatic carbocycles. The van der Waals surface area contributed by atoms with Crippen molar-refractivity contribution in [3.8, 4) is 0 Å². The van der Waals surface area contributed by atoms with Crippen molar-refractivity contribution in [1.29, 1.82) is 0 Å². The lowest BCUT2D eigenvalue weighted by molar-refractivity contribution is 1.32. The Labute approximate surface area is 72.2 Å². The molecule has 0 spiro atoms. The molecule has 0 N–H and O–H groups in total. The Bertz CT molecular complexity index is 232. The van der Waals surface area contributed by atoms with Crippen LogP contribution in [0, 0.1) is 0 Å². The minimum atomic E-state index is 0.748. The van der Waals surface area contributed by atoms with E-state index in [4.69, 9.17) is 11.8 Å². The van der Waals surface area contributed by atoms with Crippen LogP contribution in [0.15, 0.2) is 38.5 Å². The lowest BCUT2D eigenvalue weighted by Gasteiger charge is -1.88. The van der Waals surface area contributed by atoms with Gasteiger partial charge in [-0.3, -0.25) is 0 Å². The highest BCUT2D eigenvalue weighted by Gasteiger charge is 1.87. The van der Waals surface area contributed by atoms with Crippen LogP contribution in [0.3, 0.4) is 0 Å². The fraction of sp³-hybridized carbons (Fsp3) is 0. The van der Waals surface area contributed by atoms with E-state index in [2.05, 4.69) is 25.7 Å². The van der Waals surface area contributed by atoms with Gasteiger partial charge in [-0.25, -0.2) is 0 Å². The normalized spacial score (nSPS) is 10.6. The average molecular weight is 219 g/mol. The summed E-state index contributed by atoms with van der Waals surface area (Å²) in [6.45, 7) is 0. The fourth-order valence-electron chi connectivity index (χ4n) is 0.551. The summed E-state index contributed by atoms with van der Waals surface area (Å²) < 4.78 is 4.13. The molecule has 0 radical (unpaired) electrons. The second kappa shape index (κ2) is 3.68. The number of halogens is 2. The Morgan fingerprint density at radius 1 is 1.20 bits per heavy atom. The van der Waals surface area contributed by atoms with E-state index in [-0.39, 0.29) is 0 Å². The van der Waals surface area contributed by atoms with Gasteiger partial charge >= 0.3 is 0 Å². The van der Waals surface area contributed by atoms with Crippen molar-refractivity contribution in [2.75, 3.05) is 0 Å². The van der Waals surface area contributed by atoms with E-state index < -0.39 is 0 Å². The average Bonchev–Trinajstić information content (AvgIpc) is 1.95.